The quantitative estimate of drug-likeness (QED) is 0.351. The summed E-state index contributed by atoms with van der Waals surface area (Å²) in [5, 5.41) is 11.8. The number of hydrogen-bond acceptors (Lipinski definition) is 5. The van der Waals surface area contributed by atoms with Crippen LogP contribution in [0.2, 0.25) is 0 Å². The molecule has 0 amide bonds. The van der Waals surface area contributed by atoms with Crippen LogP contribution in [0.1, 0.15) is 19.8 Å². The molecule has 17 heavy (non-hydrogen) atoms. The molecule has 0 aliphatic carbocycles. The number of methoxy groups -OCH3 is 1. The molecule has 0 bridgehead atoms. The summed E-state index contributed by atoms with van der Waals surface area (Å²) in [6.45, 7) is 3.80. The van der Waals surface area contributed by atoms with E-state index in [1.807, 2.05) is 24.8 Å². The van der Waals surface area contributed by atoms with Gasteiger partial charge in [0.25, 0.3) is 0 Å². The highest BCUT2D eigenvalue weighted by Crippen LogP contribution is 2.02. The van der Waals surface area contributed by atoms with Crippen LogP contribution in [0, 0.1) is 0 Å². The minimum absolute atomic E-state index is 0.244. The molecule has 100 valence electrons. The van der Waals surface area contributed by atoms with Crippen LogP contribution in [-0.4, -0.2) is 49.4 Å². The van der Waals surface area contributed by atoms with Crippen LogP contribution >= 0.6 is 11.8 Å². The molecule has 0 fully saturated rings. The lowest BCUT2D eigenvalue weighted by Crippen LogP contribution is -2.18. The van der Waals surface area contributed by atoms with Gasteiger partial charge < -0.3 is 15.2 Å². The molecule has 0 aliphatic rings. The summed E-state index contributed by atoms with van der Waals surface area (Å²) in [5.41, 5.74) is 0.716. The van der Waals surface area contributed by atoms with Gasteiger partial charge in [-0.05, 0) is 18.6 Å². The molecule has 0 aromatic rings. The Balaban J connectivity index is 3.53. The molecule has 5 heteroatoms. The van der Waals surface area contributed by atoms with Gasteiger partial charge in [0.05, 0.1) is 7.11 Å². The standard InChI is InChI=1S/C12H23NO3S/c1-3-11(12(15)16-2)5-6-13-7-10-17-9-4-8-14/h5,13-14H,3-4,6-10H2,1-2H3. The second-order valence-electron chi connectivity index (χ2n) is 3.47. The van der Waals surface area contributed by atoms with Crippen molar-refractivity contribution in [3.63, 3.8) is 0 Å². The Hall–Kier alpha value is -0.520. The summed E-state index contributed by atoms with van der Waals surface area (Å²) >= 11 is 1.82. The zero-order chi connectivity index (χ0) is 12.9. The molecule has 0 rings (SSSR count). The van der Waals surface area contributed by atoms with Gasteiger partial charge in [0, 0.05) is 31.0 Å². The monoisotopic (exact) mass is 261 g/mol. The van der Waals surface area contributed by atoms with Crippen LogP contribution in [0.3, 0.4) is 0 Å². The van der Waals surface area contributed by atoms with E-state index in [1.165, 1.54) is 7.11 Å². The number of hydrogen-bond donors (Lipinski definition) is 2. The summed E-state index contributed by atoms with van der Waals surface area (Å²) in [6, 6.07) is 0. The first-order valence-electron chi connectivity index (χ1n) is 5.92. The van der Waals surface area contributed by atoms with Crippen molar-refractivity contribution >= 4 is 17.7 Å². The highest BCUT2D eigenvalue weighted by atomic mass is 32.2. The van der Waals surface area contributed by atoms with Gasteiger partial charge in [0.1, 0.15) is 0 Å². The second kappa shape index (κ2) is 12.0. The first-order chi connectivity index (χ1) is 8.26. The Bertz CT molecular complexity index is 232. The number of thioether (sulfide) groups is 1. The van der Waals surface area contributed by atoms with Gasteiger partial charge in [-0.15, -0.1) is 0 Å². The van der Waals surface area contributed by atoms with Crippen molar-refractivity contribution in [2.24, 2.45) is 0 Å². The Kier molecular flexibility index (Phi) is 11.6. The lowest BCUT2D eigenvalue weighted by atomic mass is 10.2. The number of aliphatic hydroxyl groups is 1. The van der Waals surface area contributed by atoms with E-state index < -0.39 is 0 Å². The second-order valence-corrected chi connectivity index (χ2v) is 4.69. The van der Waals surface area contributed by atoms with Crippen LogP contribution < -0.4 is 5.32 Å². The highest BCUT2D eigenvalue weighted by Gasteiger charge is 2.05. The molecule has 0 radical (unpaired) electrons. The first-order valence-corrected chi connectivity index (χ1v) is 7.08. The van der Waals surface area contributed by atoms with Crippen molar-refractivity contribution in [2.45, 2.75) is 19.8 Å². The summed E-state index contributed by atoms with van der Waals surface area (Å²) in [7, 11) is 1.40. The van der Waals surface area contributed by atoms with Crippen molar-refractivity contribution in [3.05, 3.63) is 11.6 Å². The van der Waals surface area contributed by atoms with Crippen LogP contribution in [-0.2, 0) is 9.53 Å². The van der Waals surface area contributed by atoms with Crippen molar-refractivity contribution in [2.75, 3.05) is 38.3 Å². The number of carbonyl (C=O) groups excluding carboxylic acids is 1. The van der Waals surface area contributed by atoms with E-state index in [9.17, 15) is 4.79 Å². The topological polar surface area (TPSA) is 58.6 Å². The van der Waals surface area contributed by atoms with Gasteiger partial charge >= 0.3 is 5.97 Å². The van der Waals surface area contributed by atoms with Gasteiger partial charge in [0.2, 0.25) is 0 Å². The molecule has 0 atom stereocenters. The molecular weight excluding hydrogens is 238 g/mol. The molecule has 0 aromatic heterocycles. The van der Waals surface area contributed by atoms with Gasteiger partial charge in [0.15, 0.2) is 0 Å². The van der Waals surface area contributed by atoms with Crippen molar-refractivity contribution in [3.8, 4) is 0 Å². The molecule has 4 nitrogen and oxygen atoms in total. The highest BCUT2D eigenvalue weighted by molar-refractivity contribution is 7.99. The van der Waals surface area contributed by atoms with Crippen molar-refractivity contribution in [1.82, 2.24) is 5.32 Å². The molecule has 0 unspecified atom stereocenters. The normalized spacial score (nSPS) is 11.6. The third-order valence-electron chi connectivity index (χ3n) is 2.19. The van der Waals surface area contributed by atoms with Crippen LogP contribution in [0.4, 0.5) is 0 Å². The average Bonchev–Trinajstić information content (AvgIpc) is 2.36. The smallest absolute Gasteiger partial charge is 0.333 e. The summed E-state index contributed by atoms with van der Waals surface area (Å²) in [5.74, 6) is 1.77. The van der Waals surface area contributed by atoms with E-state index in [0.717, 1.165) is 24.5 Å². The molecule has 0 aromatic carbocycles. The van der Waals surface area contributed by atoms with Gasteiger partial charge in [-0.2, -0.15) is 11.8 Å². The molecule has 0 spiro atoms. The number of esters is 1. The van der Waals surface area contributed by atoms with Crippen molar-refractivity contribution < 1.29 is 14.6 Å². The maximum absolute atomic E-state index is 11.2. The molecular formula is C12H23NO3S. The van der Waals surface area contributed by atoms with Crippen LogP contribution in [0.25, 0.3) is 0 Å². The largest absolute Gasteiger partial charge is 0.466 e. The van der Waals surface area contributed by atoms with Crippen LogP contribution in [0.15, 0.2) is 11.6 Å². The fourth-order valence-corrected chi connectivity index (χ4v) is 2.04. The lowest BCUT2D eigenvalue weighted by Gasteiger charge is -2.04. The Morgan fingerprint density at radius 2 is 2.24 bits per heavy atom. The molecule has 0 aliphatic heterocycles. The van der Waals surface area contributed by atoms with Crippen molar-refractivity contribution in [1.29, 1.82) is 0 Å². The van der Waals surface area contributed by atoms with E-state index in [1.54, 1.807) is 0 Å². The maximum atomic E-state index is 11.2. The third kappa shape index (κ3) is 9.21. The zero-order valence-corrected chi connectivity index (χ0v) is 11.5. The molecule has 0 saturated heterocycles. The number of rotatable bonds is 10. The van der Waals surface area contributed by atoms with Gasteiger partial charge in [-0.3, -0.25) is 0 Å². The van der Waals surface area contributed by atoms with E-state index >= 15 is 0 Å². The molecule has 0 heterocycles. The van der Waals surface area contributed by atoms with E-state index in [0.29, 0.717) is 18.5 Å². The van der Waals surface area contributed by atoms with E-state index in [2.05, 4.69) is 10.1 Å². The minimum Gasteiger partial charge on any atom is -0.466 e. The Labute approximate surface area is 108 Å². The molecule has 2 N–H and O–H groups in total. The Morgan fingerprint density at radius 1 is 1.47 bits per heavy atom. The summed E-state index contributed by atoms with van der Waals surface area (Å²) < 4.78 is 4.66. The third-order valence-corrected chi connectivity index (χ3v) is 3.26. The summed E-state index contributed by atoms with van der Waals surface area (Å²) in [4.78, 5) is 11.2. The van der Waals surface area contributed by atoms with Gasteiger partial charge in [-0.1, -0.05) is 13.0 Å². The average molecular weight is 261 g/mol. The summed E-state index contributed by atoms with van der Waals surface area (Å²) in [6.07, 6.45) is 3.43. The van der Waals surface area contributed by atoms with E-state index in [-0.39, 0.29) is 12.6 Å². The molecule has 0 saturated carbocycles. The van der Waals surface area contributed by atoms with E-state index in [4.69, 9.17) is 5.11 Å². The number of nitrogens with one attached hydrogen (secondary N) is 1. The SMILES string of the molecule is CCC(=CCNCCSCCCO)C(=O)OC. The predicted molar refractivity (Wildman–Crippen MR) is 72.3 cm³/mol. The predicted octanol–water partition coefficient (Wildman–Crippen LogP) is 1.20. The lowest BCUT2D eigenvalue weighted by molar-refractivity contribution is -0.136. The van der Waals surface area contributed by atoms with Gasteiger partial charge in [-0.25, -0.2) is 4.79 Å². The number of aliphatic hydroxyl groups excluding tert-OH is 1. The fraction of sp³-hybridized carbons (Fsp3) is 0.750. The Morgan fingerprint density at radius 3 is 2.82 bits per heavy atom. The fourth-order valence-electron chi connectivity index (χ4n) is 1.21. The maximum Gasteiger partial charge on any atom is 0.333 e. The minimum atomic E-state index is -0.244. The van der Waals surface area contributed by atoms with Crippen LogP contribution in [0.5, 0.6) is 0 Å². The zero-order valence-electron chi connectivity index (χ0n) is 10.7. The number of carbonyl (C=O) groups is 1. The first kappa shape index (κ1) is 16.5. The number of ether oxygens (including phenoxy) is 1.